The van der Waals surface area contributed by atoms with Crippen LogP contribution in [0, 0.1) is 6.92 Å². The number of unbranched alkanes of at least 4 members (excludes halogenated alkanes) is 1. The molecule has 1 aromatic carbocycles. The molecule has 0 bridgehead atoms. The van der Waals surface area contributed by atoms with E-state index in [9.17, 15) is 4.79 Å². The lowest BCUT2D eigenvalue weighted by atomic mass is 10.1. The highest BCUT2D eigenvalue weighted by Crippen LogP contribution is 2.15. The van der Waals surface area contributed by atoms with Gasteiger partial charge in [-0.25, -0.2) is 0 Å². The Labute approximate surface area is 102 Å². The van der Waals surface area contributed by atoms with E-state index in [4.69, 9.17) is 11.6 Å². The fraction of sp³-hybridized carbons (Fsp3) is 0.357. The van der Waals surface area contributed by atoms with Crippen molar-refractivity contribution in [3.8, 4) is 0 Å². The number of carbonyl (C=O) groups excluding carboxylic acids is 1. The first-order valence-corrected chi connectivity index (χ1v) is 5.98. The second-order valence-electron chi connectivity index (χ2n) is 3.93. The van der Waals surface area contributed by atoms with Crippen LogP contribution in [-0.4, -0.2) is 5.78 Å². The SMILES string of the molecule is CCCCC(=O)/C(Cl)=C/c1cccc(C)c1. The predicted molar refractivity (Wildman–Crippen MR) is 69.5 cm³/mol. The number of Topliss-reactive ketones (excluding diaryl/α,β-unsaturated/α-hetero) is 1. The van der Waals surface area contributed by atoms with Gasteiger partial charge in [0.05, 0.1) is 5.03 Å². The third-order valence-electron chi connectivity index (χ3n) is 2.36. The van der Waals surface area contributed by atoms with E-state index < -0.39 is 0 Å². The molecule has 1 aromatic rings. The van der Waals surface area contributed by atoms with Crippen molar-refractivity contribution < 1.29 is 4.79 Å². The van der Waals surface area contributed by atoms with Crippen LogP contribution in [0.5, 0.6) is 0 Å². The molecule has 0 saturated heterocycles. The normalized spacial score (nSPS) is 11.6. The van der Waals surface area contributed by atoms with Crippen LogP contribution in [0.15, 0.2) is 29.3 Å². The van der Waals surface area contributed by atoms with Gasteiger partial charge < -0.3 is 0 Å². The van der Waals surface area contributed by atoms with Gasteiger partial charge in [-0.3, -0.25) is 4.79 Å². The number of carbonyl (C=O) groups is 1. The molecule has 0 unspecified atom stereocenters. The van der Waals surface area contributed by atoms with E-state index in [2.05, 4.69) is 6.92 Å². The number of hydrogen-bond acceptors (Lipinski definition) is 1. The summed E-state index contributed by atoms with van der Waals surface area (Å²) in [5.74, 6) is 0.0324. The van der Waals surface area contributed by atoms with Crippen LogP contribution in [0.3, 0.4) is 0 Å². The van der Waals surface area contributed by atoms with Crippen molar-refractivity contribution in [2.75, 3.05) is 0 Å². The van der Waals surface area contributed by atoms with Crippen molar-refractivity contribution >= 4 is 23.5 Å². The molecule has 0 aromatic heterocycles. The molecule has 16 heavy (non-hydrogen) atoms. The Bertz CT molecular complexity index is 393. The smallest absolute Gasteiger partial charge is 0.174 e. The van der Waals surface area contributed by atoms with Crippen molar-refractivity contribution in [2.24, 2.45) is 0 Å². The Morgan fingerprint density at radius 3 is 2.81 bits per heavy atom. The Morgan fingerprint density at radius 1 is 1.44 bits per heavy atom. The van der Waals surface area contributed by atoms with Gasteiger partial charge in [0.1, 0.15) is 0 Å². The Morgan fingerprint density at radius 2 is 2.19 bits per heavy atom. The fourth-order valence-corrected chi connectivity index (χ4v) is 1.66. The van der Waals surface area contributed by atoms with Crippen molar-refractivity contribution in [1.29, 1.82) is 0 Å². The molecule has 86 valence electrons. The average molecular weight is 237 g/mol. The summed E-state index contributed by atoms with van der Waals surface area (Å²) in [6, 6.07) is 7.93. The molecule has 0 aliphatic carbocycles. The van der Waals surface area contributed by atoms with Gasteiger partial charge in [0.15, 0.2) is 5.78 Å². The van der Waals surface area contributed by atoms with Gasteiger partial charge in [0.2, 0.25) is 0 Å². The molecule has 0 spiro atoms. The monoisotopic (exact) mass is 236 g/mol. The average Bonchev–Trinajstić information content (AvgIpc) is 2.25. The zero-order valence-electron chi connectivity index (χ0n) is 9.79. The van der Waals surface area contributed by atoms with E-state index in [1.807, 2.05) is 31.2 Å². The van der Waals surface area contributed by atoms with Crippen molar-refractivity contribution in [1.82, 2.24) is 0 Å². The molecule has 1 rings (SSSR count). The molecule has 0 saturated carbocycles. The molecule has 0 aliphatic rings. The molecular formula is C14H17ClO. The predicted octanol–water partition coefficient (Wildman–Crippen LogP) is 4.33. The van der Waals surface area contributed by atoms with E-state index in [1.165, 1.54) is 5.56 Å². The number of ketones is 1. The number of allylic oxidation sites excluding steroid dienone is 1. The summed E-state index contributed by atoms with van der Waals surface area (Å²) >= 11 is 5.97. The highest BCUT2D eigenvalue weighted by atomic mass is 35.5. The van der Waals surface area contributed by atoms with Crippen LogP contribution >= 0.6 is 11.6 Å². The van der Waals surface area contributed by atoms with Gasteiger partial charge in [-0.2, -0.15) is 0 Å². The number of rotatable bonds is 5. The molecule has 1 nitrogen and oxygen atoms in total. The van der Waals surface area contributed by atoms with Gasteiger partial charge >= 0.3 is 0 Å². The first kappa shape index (κ1) is 13.0. The van der Waals surface area contributed by atoms with E-state index in [0.29, 0.717) is 11.5 Å². The molecular weight excluding hydrogens is 220 g/mol. The summed E-state index contributed by atoms with van der Waals surface area (Å²) in [4.78, 5) is 11.6. The van der Waals surface area contributed by atoms with Crippen LogP contribution in [0.1, 0.15) is 37.3 Å². The summed E-state index contributed by atoms with van der Waals surface area (Å²) < 4.78 is 0. The molecule has 0 atom stereocenters. The summed E-state index contributed by atoms with van der Waals surface area (Å²) in [6.45, 7) is 4.08. The quantitative estimate of drug-likeness (QED) is 0.696. The van der Waals surface area contributed by atoms with E-state index in [1.54, 1.807) is 6.08 Å². The number of halogens is 1. The maximum atomic E-state index is 11.6. The maximum Gasteiger partial charge on any atom is 0.174 e. The number of hydrogen-bond donors (Lipinski definition) is 0. The van der Waals surface area contributed by atoms with Crippen LogP contribution in [0.25, 0.3) is 6.08 Å². The topological polar surface area (TPSA) is 17.1 Å². The first-order chi connectivity index (χ1) is 7.63. The van der Waals surface area contributed by atoms with E-state index >= 15 is 0 Å². The van der Waals surface area contributed by atoms with Gasteiger partial charge in [0, 0.05) is 6.42 Å². The summed E-state index contributed by atoms with van der Waals surface area (Å²) in [7, 11) is 0. The van der Waals surface area contributed by atoms with Crippen molar-refractivity contribution in [3.63, 3.8) is 0 Å². The summed E-state index contributed by atoms with van der Waals surface area (Å²) in [6.07, 6.45) is 4.20. The lowest BCUT2D eigenvalue weighted by Gasteiger charge is -1.99. The molecule has 0 N–H and O–H groups in total. The van der Waals surface area contributed by atoms with Gasteiger partial charge in [-0.1, -0.05) is 54.8 Å². The highest BCUT2D eigenvalue weighted by molar-refractivity contribution is 6.44. The third kappa shape index (κ3) is 4.19. The lowest BCUT2D eigenvalue weighted by molar-refractivity contribution is -0.115. The fourth-order valence-electron chi connectivity index (χ4n) is 1.44. The molecule has 0 radical (unpaired) electrons. The molecule has 2 heteroatoms. The van der Waals surface area contributed by atoms with Crippen molar-refractivity contribution in [2.45, 2.75) is 33.1 Å². The zero-order chi connectivity index (χ0) is 12.0. The minimum Gasteiger partial charge on any atom is -0.293 e. The van der Waals surface area contributed by atoms with E-state index in [0.717, 1.165) is 18.4 Å². The Hall–Kier alpha value is -1.08. The zero-order valence-corrected chi connectivity index (χ0v) is 10.6. The van der Waals surface area contributed by atoms with Crippen LogP contribution in [0.4, 0.5) is 0 Å². The van der Waals surface area contributed by atoms with Crippen LogP contribution < -0.4 is 0 Å². The second-order valence-corrected chi connectivity index (χ2v) is 4.34. The number of aryl methyl sites for hydroxylation is 1. The highest BCUT2D eigenvalue weighted by Gasteiger charge is 2.05. The minimum atomic E-state index is 0.0324. The van der Waals surface area contributed by atoms with Crippen LogP contribution in [0.2, 0.25) is 0 Å². The summed E-state index contributed by atoms with van der Waals surface area (Å²) in [5, 5.41) is 0.332. The largest absolute Gasteiger partial charge is 0.293 e. The standard InChI is InChI=1S/C14H17ClO/c1-3-4-8-14(16)13(15)10-12-7-5-6-11(2)9-12/h5-7,9-10H,3-4,8H2,1-2H3/b13-10-. The maximum absolute atomic E-state index is 11.6. The second kappa shape index (κ2) is 6.49. The Kier molecular flexibility index (Phi) is 5.27. The third-order valence-corrected chi connectivity index (χ3v) is 2.68. The Balaban J connectivity index is 2.72. The van der Waals surface area contributed by atoms with Gasteiger partial charge in [-0.05, 0) is 25.0 Å². The number of benzene rings is 1. The molecule has 0 aliphatic heterocycles. The van der Waals surface area contributed by atoms with Gasteiger partial charge in [-0.15, -0.1) is 0 Å². The van der Waals surface area contributed by atoms with Crippen molar-refractivity contribution in [3.05, 3.63) is 40.4 Å². The summed E-state index contributed by atoms with van der Waals surface area (Å²) in [5.41, 5.74) is 2.15. The molecule has 0 amide bonds. The molecule has 0 fully saturated rings. The van der Waals surface area contributed by atoms with Crippen LogP contribution in [-0.2, 0) is 4.79 Å². The lowest BCUT2D eigenvalue weighted by Crippen LogP contribution is -1.96. The first-order valence-electron chi connectivity index (χ1n) is 5.60. The van der Waals surface area contributed by atoms with E-state index in [-0.39, 0.29) is 5.78 Å². The minimum absolute atomic E-state index is 0.0324. The molecule has 0 heterocycles. The van der Waals surface area contributed by atoms with Gasteiger partial charge in [0.25, 0.3) is 0 Å².